The molecule has 0 radical (unpaired) electrons. The van der Waals surface area contributed by atoms with Crippen molar-refractivity contribution in [3.05, 3.63) is 59.0 Å². The van der Waals surface area contributed by atoms with Gasteiger partial charge in [0.25, 0.3) is 0 Å². The number of nitrogens with zero attached hydrogens (tertiary/aromatic N) is 2. The first kappa shape index (κ1) is 17.0. The van der Waals surface area contributed by atoms with E-state index in [9.17, 15) is 9.59 Å². The van der Waals surface area contributed by atoms with Crippen LogP contribution in [0.15, 0.2) is 46.1 Å². The molecule has 0 aliphatic carbocycles. The maximum Gasteiger partial charge on any atom is 0.245 e. The minimum Gasteiger partial charge on any atom is -0.467 e. The third kappa shape index (κ3) is 4.15. The molecule has 0 saturated carbocycles. The minimum atomic E-state index is -0.390. The van der Waals surface area contributed by atoms with Crippen LogP contribution in [0.3, 0.4) is 0 Å². The van der Waals surface area contributed by atoms with Crippen molar-refractivity contribution in [3.63, 3.8) is 0 Å². The number of hydrogen-bond acceptors (Lipinski definition) is 4. The van der Waals surface area contributed by atoms with E-state index in [4.69, 9.17) is 4.42 Å². The lowest BCUT2D eigenvalue weighted by atomic mass is 10.1. The van der Waals surface area contributed by atoms with E-state index in [1.165, 1.54) is 5.56 Å². The molecule has 1 atom stereocenters. The largest absolute Gasteiger partial charge is 0.467 e. The van der Waals surface area contributed by atoms with Crippen molar-refractivity contribution in [2.45, 2.75) is 26.8 Å². The third-order valence-electron chi connectivity index (χ3n) is 4.32. The van der Waals surface area contributed by atoms with Crippen molar-refractivity contribution in [2.75, 3.05) is 6.54 Å². The molecule has 2 heterocycles. The predicted octanol–water partition coefficient (Wildman–Crippen LogP) is 2.40. The van der Waals surface area contributed by atoms with Crippen molar-refractivity contribution in [3.8, 4) is 0 Å². The molecule has 3 rings (SSSR count). The van der Waals surface area contributed by atoms with Crippen LogP contribution in [0, 0.1) is 19.8 Å². The molecule has 130 valence electrons. The quantitative estimate of drug-likeness (QED) is 0.671. The summed E-state index contributed by atoms with van der Waals surface area (Å²) in [5, 5.41) is 4.03. The lowest BCUT2D eigenvalue weighted by Gasteiger charge is -2.14. The van der Waals surface area contributed by atoms with Crippen LogP contribution in [-0.4, -0.2) is 29.5 Å². The van der Waals surface area contributed by atoms with Gasteiger partial charge in [-0.1, -0.05) is 23.8 Å². The second-order valence-corrected chi connectivity index (χ2v) is 6.35. The van der Waals surface area contributed by atoms with Crippen LogP contribution in [0.25, 0.3) is 0 Å². The fourth-order valence-electron chi connectivity index (χ4n) is 2.92. The molecule has 2 amide bonds. The monoisotopic (exact) mass is 339 g/mol. The SMILES string of the molecule is Cc1ccc(/C=N/NC(=O)C2CC(=O)N(Cc3ccco3)C2)c(C)c1. The molecule has 1 unspecified atom stereocenters. The molecule has 1 aliphatic heterocycles. The van der Waals surface area contributed by atoms with Gasteiger partial charge in [0.05, 0.1) is 24.9 Å². The van der Waals surface area contributed by atoms with E-state index in [-0.39, 0.29) is 18.2 Å². The number of hydrogen-bond donors (Lipinski definition) is 1. The fourth-order valence-corrected chi connectivity index (χ4v) is 2.92. The summed E-state index contributed by atoms with van der Waals surface area (Å²) in [4.78, 5) is 25.9. The lowest BCUT2D eigenvalue weighted by molar-refractivity contribution is -0.129. The number of furan rings is 1. The van der Waals surface area contributed by atoms with Gasteiger partial charge in [-0.2, -0.15) is 5.10 Å². The van der Waals surface area contributed by atoms with Crippen LogP contribution in [0.1, 0.15) is 28.9 Å². The molecule has 6 heteroatoms. The van der Waals surface area contributed by atoms with Gasteiger partial charge in [0.1, 0.15) is 5.76 Å². The first-order chi connectivity index (χ1) is 12.0. The molecule has 0 spiro atoms. The molecular weight excluding hydrogens is 318 g/mol. The number of likely N-dealkylation sites (tertiary alicyclic amines) is 1. The van der Waals surface area contributed by atoms with Gasteiger partial charge in [-0.15, -0.1) is 0 Å². The third-order valence-corrected chi connectivity index (χ3v) is 4.32. The summed E-state index contributed by atoms with van der Waals surface area (Å²) in [6, 6.07) is 9.62. The lowest BCUT2D eigenvalue weighted by Crippen LogP contribution is -2.30. The first-order valence-corrected chi connectivity index (χ1v) is 8.23. The number of amides is 2. The van der Waals surface area contributed by atoms with Gasteiger partial charge in [0.2, 0.25) is 11.8 Å². The zero-order valence-electron chi connectivity index (χ0n) is 14.4. The van der Waals surface area contributed by atoms with Gasteiger partial charge in [0, 0.05) is 13.0 Å². The van der Waals surface area contributed by atoms with Crippen LogP contribution >= 0.6 is 0 Å². The zero-order chi connectivity index (χ0) is 17.8. The molecule has 1 aromatic heterocycles. The zero-order valence-corrected chi connectivity index (χ0v) is 14.4. The molecule has 1 aliphatic rings. The van der Waals surface area contributed by atoms with Gasteiger partial charge in [-0.25, -0.2) is 5.43 Å². The summed E-state index contributed by atoms with van der Waals surface area (Å²) in [6.45, 7) is 4.80. The highest BCUT2D eigenvalue weighted by Gasteiger charge is 2.34. The normalized spacial score (nSPS) is 17.4. The Bertz CT molecular complexity index is 796. The van der Waals surface area contributed by atoms with E-state index in [2.05, 4.69) is 16.6 Å². The van der Waals surface area contributed by atoms with Crippen LogP contribution in [0.5, 0.6) is 0 Å². The van der Waals surface area contributed by atoms with Crippen LogP contribution in [0.4, 0.5) is 0 Å². The number of benzene rings is 1. The number of nitrogens with one attached hydrogen (secondary N) is 1. The van der Waals surface area contributed by atoms with E-state index >= 15 is 0 Å². The topological polar surface area (TPSA) is 74.9 Å². The van der Waals surface area contributed by atoms with Gasteiger partial charge in [-0.3, -0.25) is 9.59 Å². The Balaban J connectivity index is 1.55. The van der Waals surface area contributed by atoms with E-state index < -0.39 is 5.92 Å². The Morgan fingerprint density at radius 2 is 2.24 bits per heavy atom. The number of hydrazone groups is 1. The maximum absolute atomic E-state index is 12.2. The Morgan fingerprint density at radius 1 is 1.40 bits per heavy atom. The molecule has 1 fully saturated rings. The Hall–Kier alpha value is -2.89. The van der Waals surface area contributed by atoms with Gasteiger partial charge < -0.3 is 9.32 Å². The molecule has 2 aromatic rings. The van der Waals surface area contributed by atoms with Crippen LogP contribution in [-0.2, 0) is 16.1 Å². The predicted molar refractivity (Wildman–Crippen MR) is 93.9 cm³/mol. The Kier molecular flexibility index (Phi) is 4.97. The summed E-state index contributed by atoms with van der Waals surface area (Å²) in [6.07, 6.45) is 3.40. The van der Waals surface area contributed by atoms with Gasteiger partial charge in [-0.05, 0) is 37.1 Å². The minimum absolute atomic E-state index is 0.0464. The average Bonchev–Trinajstić information content (AvgIpc) is 3.20. The van der Waals surface area contributed by atoms with Crippen molar-refractivity contribution in [1.82, 2.24) is 10.3 Å². The first-order valence-electron chi connectivity index (χ1n) is 8.23. The molecule has 0 bridgehead atoms. The summed E-state index contributed by atoms with van der Waals surface area (Å²) in [5.74, 6) is 0.0345. The van der Waals surface area contributed by atoms with Crippen molar-refractivity contribution in [1.29, 1.82) is 0 Å². The van der Waals surface area contributed by atoms with Crippen LogP contribution in [0.2, 0.25) is 0 Å². The summed E-state index contributed by atoms with van der Waals surface area (Å²) in [7, 11) is 0. The summed E-state index contributed by atoms with van der Waals surface area (Å²) in [5.41, 5.74) is 5.77. The molecule has 1 N–H and O–H groups in total. The van der Waals surface area contributed by atoms with E-state index in [0.29, 0.717) is 18.8 Å². The number of rotatable bonds is 5. The van der Waals surface area contributed by atoms with Gasteiger partial charge >= 0.3 is 0 Å². The summed E-state index contributed by atoms with van der Waals surface area (Å²) >= 11 is 0. The number of carbonyl (C=O) groups is 2. The Morgan fingerprint density at radius 3 is 2.96 bits per heavy atom. The molecule has 1 aromatic carbocycles. The molecule has 1 saturated heterocycles. The fraction of sp³-hybridized carbons (Fsp3) is 0.316. The van der Waals surface area contributed by atoms with E-state index in [0.717, 1.165) is 11.1 Å². The maximum atomic E-state index is 12.2. The van der Waals surface area contributed by atoms with E-state index in [1.54, 1.807) is 23.4 Å². The summed E-state index contributed by atoms with van der Waals surface area (Å²) < 4.78 is 5.25. The van der Waals surface area contributed by atoms with Gasteiger partial charge in [0.15, 0.2) is 0 Å². The average molecular weight is 339 g/mol. The number of aryl methyl sites for hydroxylation is 2. The highest BCUT2D eigenvalue weighted by molar-refractivity contribution is 5.90. The second-order valence-electron chi connectivity index (χ2n) is 6.35. The number of carbonyl (C=O) groups excluding carboxylic acids is 2. The highest BCUT2D eigenvalue weighted by Crippen LogP contribution is 2.20. The van der Waals surface area contributed by atoms with Crippen LogP contribution < -0.4 is 5.43 Å². The van der Waals surface area contributed by atoms with Crippen molar-refractivity contribution >= 4 is 18.0 Å². The van der Waals surface area contributed by atoms with E-state index in [1.807, 2.05) is 32.0 Å². The standard InChI is InChI=1S/C19H21N3O3/c1-13-5-6-15(14(2)8-13)10-20-21-19(24)16-9-18(23)22(11-16)12-17-4-3-7-25-17/h3-8,10,16H,9,11-12H2,1-2H3,(H,21,24)/b20-10+. The second kappa shape index (κ2) is 7.34. The molecule has 6 nitrogen and oxygen atoms in total. The van der Waals surface area contributed by atoms with Crippen molar-refractivity contribution in [2.24, 2.45) is 11.0 Å². The molecule has 25 heavy (non-hydrogen) atoms. The highest BCUT2D eigenvalue weighted by atomic mass is 16.3. The molecular formula is C19H21N3O3. The van der Waals surface area contributed by atoms with Crippen molar-refractivity contribution < 1.29 is 14.0 Å². The Labute approximate surface area is 146 Å². The smallest absolute Gasteiger partial charge is 0.245 e.